The van der Waals surface area contributed by atoms with Gasteiger partial charge in [0, 0.05) is 10.8 Å². The van der Waals surface area contributed by atoms with Gasteiger partial charge in [-0.2, -0.15) is 0 Å². The Labute approximate surface area is 98.7 Å². The minimum absolute atomic E-state index is 0.270. The zero-order valence-corrected chi connectivity index (χ0v) is 10.5. The van der Waals surface area contributed by atoms with Crippen molar-refractivity contribution in [2.24, 2.45) is 0 Å². The van der Waals surface area contributed by atoms with Crippen molar-refractivity contribution >= 4 is 17.4 Å². The van der Waals surface area contributed by atoms with Crippen LogP contribution in [0.1, 0.15) is 36.1 Å². The number of hydrogen-bond acceptors (Lipinski definition) is 5. The Bertz CT molecular complexity index is 461. The largest absolute Gasteiger partial charge is 0.408 e. The third kappa shape index (κ3) is 2.41. The van der Waals surface area contributed by atoms with Crippen LogP contribution < -0.4 is 5.32 Å². The number of aryl methyl sites for hydroxylation is 1. The van der Waals surface area contributed by atoms with E-state index < -0.39 is 0 Å². The molecule has 0 saturated carbocycles. The molecule has 2 rings (SSSR count). The zero-order chi connectivity index (χ0) is 11.5. The Morgan fingerprint density at radius 3 is 2.81 bits per heavy atom. The Hall–Kier alpha value is -1.36. The average Bonchev–Trinajstić information content (AvgIpc) is 2.83. The van der Waals surface area contributed by atoms with Crippen molar-refractivity contribution in [3.63, 3.8) is 0 Å². The lowest BCUT2D eigenvalue weighted by molar-refractivity contribution is 0.480. The predicted molar refractivity (Wildman–Crippen MR) is 64.8 cm³/mol. The molecule has 0 radical (unpaired) electrons. The molecular formula is C11H15N3OS. The maximum absolute atomic E-state index is 5.45. The van der Waals surface area contributed by atoms with Gasteiger partial charge in [0.25, 0.3) is 0 Å². The second kappa shape index (κ2) is 4.65. The van der Waals surface area contributed by atoms with E-state index >= 15 is 0 Å². The lowest BCUT2D eigenvalue weighted by atomic mass is 10.2. The van der Waals surface area contributed by atoms with Gasteiger partial charge < -0.3 is 9.73 Å². The fraction of sp³-hybridized carbons (Fsp3) is 0.455. The first kappa shape index (κ1) is 11.1. The predicted octanol–water partition coefficient (Wildman–Crippen LogP) is 3.18. The third-order valence-electron chi connectivity index (χ3n) is 2.30. The summed E-state index contributed by atoms with van der Waals surface area (Å²) in [6.07, 6.45) is 0. The molecule has 5 heteroatoms. The number of nitrogens with zero attached hydrogens (tertiary/aromatic N) is 2. The van der Waals surface area contributed by atoms with Crippen LogP contribution in [0.4, 0.5) is 6.01 Å². The topological polar surface area (TPSA) is 51.0 Å². The molecule has 2 heterocycles. The van der Waals surface area contributed by atoms with E-state index in [1.807, 2.05) is 13.8 Å². The quantitative estimate of drug-likeness (QED) is 0.887. The van der Waals surface area contributed by atoms with Gasteiger partial charge in [0.2, 0.25) is 5.89 Å². The Kier molecular flexibility index (Phi) is 3.24. The number of aromatic nitrogens is 2. The molecule has 16 heavy (non-hydrogen) atoms. The van der Waals surface area contributed by atoms with Crippen molar-refractivity contribution in [3.8, 4) is 0 Å². The van der Waals surface area contributed by atoms with Gasteiger partial charge in [-0.3, -0.25) is 0 Å². The van der Waals surface area contributed by atoms with Crippen LogP contribution in [0.5, 0.6) is 0 Å². The van der Waals surface area contributed by atoms with Gasteiger partial charge in [-0.05, 0) is 23.9 Å². The normalized spacial score (nSPS) is 11.0. The van der Waals surface area contributed by atoms with E-state index in [1.165, 1.54) is 10.4 Å². The van der Waals surface area contributed by atoms with Crippen molar-refractivity contribution in [2.45, 2.75) is 33.2 Å². The molecule has 0 fully saturated rings. The van der Waals surface area contributed by atoms with Crippen molar-refractivity contribution in [1.82, 2.24) is 10.2 Å². The van der Waals surface area contributed by atoms with Gasteiger partial charge in [0.15, 0.2) is 0 Å². The highest BCUT2D eigenvalue weighted by molar-refractivity contribution is 7.10. The molecule has 2 aromatic rings. The van der Waals surface area contributed by atoms with Gasteiger partial charge in [-0.1, -0.05) is 18.9 Å². The highest BCUT2D eigenvalue weighted by Gasteiger charge is 2.09. The molecule has 1 N–H and O–H groups in total. The second-order valence-corrected chi connectivity index (χ2v) is 4.98. The summed E-state index contributed by atoms with van der Waals surface area (Å²) >= 11 is 1.73. The highest BCUT2D eigenvalue weighted by atomic mass is 32.1. The fourth-order valence-corrected chi connectivity index (χ4v) is 2.13. The van der Waals surface area contributed by atoms with E-state index in [0.717, 1.165) is 6.54 Å². The molecular weight excluding hydrogens is 222 g/mol. The lowest BCUT2D eigenvalue weighted by Gasteiger charge is -2.00. The van der Waals surface area contributed by atoms with Crippen molar-refractivity contribution in [1.29, 1.82) is 0 Å². The number of anilines is 1. The smallest absolute Gasteiger partial charge is 0.315 e. The summed E-state index contributed by atoms with van der Waals surface area (Å²) in [6, 6.07) is 2.60. The zero-order valence-electron chi connectivity index (χ0n) is 9.65. The van der Waals surface area contributed by atoms with E-state index in [0.29, 0.717) is 11.9 Å². The van der Waals surface area contributed by atoms with Gasteiger partial charge in [-0.15, -0.1) is 16.4 Å². The second-order valence-electron chi connectivity index (χ2n) is 3.98. The van der Waals surface area contributed by atoms with Crippen molar-refractivity contribution in [3.05, 3.63) is 27.8 Å². The standard InChI is InChI=1S/C11H15N3OS/c1-7(2)10-13-14-11(15-10)12-6-9-8(3)4-5-16-9/h4-5,7H,6H2,1-3H3,(H,12,14). The first-order chi connectivity index (χ1) is 7.66. The first-order valence-corrected chi connectivity index (χ1v) is 6.15. The summed E-state index contributed by atoms with van der Waals surface area (Å²) in [5.74, 6) is 0.942. The lowest BCUT2D eigenvalue weighted by Crippen LogP contribution is -1.98. The van der Waals surface area contributed by atoms with Crippen molar-refractivity contribution < 1.29 is 4.42 Å². The molecule has 0 spiro atoms. The summed E-state index contributed by atoms with van der Waals surface area (Å²) in [5.41, 5.74) is 1.29. The number of nitrogens with one attached hydrogen (secondary N) is 1. The van der Waals surface area contributed by atoms with Crippen LogP contribution in [0, 0.1) is 6.92 Å². The van der Waals surface area contributed by atoms with E-state index in [2.05, 4.69) is 33.9 Å². The maximum atomic E-state index is 5.45. The molecule has 86 valence electrons. The number of thiophene rings is 1. The molecule has 0 aliphatic carbocycles. The molecule has 0 atom stereocenters. The molecule has 0 amide bonds. The van der Waals surface area contributed by atoms with Crippen LogP contribution in [0.25, 0.3) is 0 Å². The molecule has 2 aromatic heterocycles. The summed E-state index contributed by atoms with van der Waals surface area (Å²) in [5, 5.41) is 13.1. The monoisotopic (exact) mass is 237 g/mol. The number of hydrogen-bond donors (Lipinski definition) is 1. The van der Waals surface area contributed by atoms with E-state index in [1.54, 1.807) is 11.3 Å². The van der Waals surface area contributed by atoms with Crippen LogP contribution in [0.3, 0.4) is 0 Å². The van der Waals surface area contributed by atoms with E-state index in [-0.39, 0.29) is 5.92 Å². The summed E-state index contributed by atoms with van der Waals surface area (Å²) in [6.45, 7) is 6.89. The first-order valence-electron chi connectivity index (χ1n) is 5.27. The summed E-state index contributed by atoms with van der Waals surface area (Å²) in [4.78, 5) is 1.30. The summed E-state index contributed by atoms with van der Waals surface area (Å²) < 4.78 is 5.45. The minimum atomic E-state index is 0.270. The van der Waals surface area contributed by atoms with Gasteiger partial charge in [0.1, 0.15) is 0 Å². The molecule has 0 unspecified atom stereocenters. The minimum Gasteiger partial charge on any atom is -0.408 e. The van der Waals surface area contributed by atoms with E-state index in [4.69, 9.17) is 4.42 Å². The molecule has 4 nitrogen and oxygen atoms in total. The summed E-state index contributed by atoms with van der Waals surface area (Å²) in [7, 11) is 0. The fourth-order valence-electron chi connectivity index (χ4n) is 1.28. The number of rotatable bonds is 4. The maximum Gasteiger partial charge on any atom is 0.315 e. The Balaban J connectivity index is 1.97. The third-order valence-corrected chi connectivity index (χ3v) is 3.33. The van der Waals surface area contributed by atoms with Crippen molar-refractivity contribution in [2.75, 3.05) is 5.32 Å². The van der Waals surface area contributed by atoms with Gasteiger partial charge >= 0.3 is 6.01 Å². The molecule has 0 aliphatic heterocycles. The van der Waals surface area contributed by atoms with Crippen LogP contribution >= 0.6 is 11.3 Å². The van der Waals surface area contributed by atoms with Crippen LogP contribution in [-0.4, -0.2) is 10.2 Å². The SMILES string of the molecule is Cc1ccsc1CNc1nnc(C(C)C)o1. The van der Waals surface area contributed by atoms with Crippen LogP contribution in [0.2, 0.25) is 0 Å². The van der Waals surface area contributed by atoms with Gasteiger partial charge in [0.05, 0.1) is 6.54 Å². The highest BCUT2D eigenvalue weighted by Crippen LogP contribution is 2.18. The van der Waals surface area contributed by atoms with Gasteiger partial charge in [-0.25, -0.2) is 0 Å². The van der Waals surface area contributed by atoms with E-state index in [9.17, 15) is 0 Å². The van der Waals surface area contributed by atoms with Crippen LogP contribution in [0.15, 0.2) is 15.9 Å². The van der Waals surface area contributed by atoms with Crippen LogP contribution in [-0.2, 0) is 6.54 Å². The molecule has 0 bridgehead atoms. The molecule has 0 aliphatic rings. The molecule has 0 aromatic carbocycles. The molecule has 0 saturated heterocycles. The Morgan fingerprint density at radius 1 is 1.44 bits per heavy atom. The average molecular weight is 237 g/mol. The Morgan fingerprint density at radius 2 is 2.25 bits per heavy atom.